The Morgan fingerprint density at radius 2 is 2.35 bits per heavy atom. The number of hydrogen-bond donors (Lipinski definition) is 0. The third-order valence-electron chi connectivity index (χ3n) is 1.89. The molecule has 3 heteroatoms. The van der Waals surface area contributed by atoms with Crippen LogP contribution in [-0.2, 0) is 0 Å². The zero-order valence-corrected chi connectivity index (χ0v) is 12.8. The summed E-state index contributed by atoms with van der Waals surface area (Å²) in [4.78, 5) is 4.38. The molecule has 88 valence electrons. The summed E-state index contributed by atoms with van der Waals surface area (Å²) in [5, 5.41) is 0. The first-order valence-electron chi connectivity index (χ1n) is 5.12. The van der Waals surface area contributed by atoms with Gasteiger partial charge in [0.1, 0.15) is 4.62 Å². The SMILES string of the molecule is C=C(/C=C\C=C(/C)Br)CC1=CC=C=CC(Br)=N1. The number of hydrogen-bond acceptors (Lipinski definition) is 1. The molecule has 0 N–H and O–H groups in total. The molecule has 0 aliphatic carbocycles. The third-order valence-corrected chi connectivity index (χ3v) is 2.56. The number of nitrogens with zero attached hydrogens (tertiary/aromatic N) is 1. The van der Waals surface area contributed by atoms with E-state index in [0.29, 0.717) is 0 Å². The maximum absolute atomic E-state index is 4.38. The topological polar surface area (TPSA) is 12.4 Å². The van der Waals surface area contributed by atoms with Crippen LogP contribution in [0.3, 0.4) is 0 Å². The zero-order valence-electron chi connectivity index (χ0n) is 9.58. The number of allylic oxidation sites excluding steroid dienone is 7. The van der Waals surface area contributed by atoms with Crippen molar-refractivity contribution >= 4 is 36.5 Å². The van der Waals surface area contributed by atoms with E-state index < -0.39 is 0 Å². The molecule has 0 aromatic heterocycles. The average molecular weight is 355 g/mol. The standard InChI is InChI=1S/C14H13Br2N/c1-11(6-5-7-12(2)15)10-13-8-3-4-9-14(16)17-13/h3,5-9H,1,10H2,2H3/b6-5-,12-7+. The van der Waals surface area contributed by atoms with Crippen molar-refractivity contribution < 1.29 is 0 Å². The van der Waals surface area contributed by atoms with Crippen LogP contribution in [0, 0.1) is 0 Å². The van der Waals surface area contributed by atoms with Crippen LogP contribution in [0.15, 0.2) is 69.5 Å². The van der Waals surface area contributed by atoms with E-state index in [4.69, 9.17) is 0 Å². The molecule has 0 atom stereocenters. The first-order chi connectivity index (χ1) is 8.08. The fraction of sp³-hybridized carbons (Fsp3) is 0.143. The van der Waals surface area contributed by atoms with E-state index in [2.05, 4.69) is 49.2 Å². The van der Waals surface area contributed by atoms with Gasteiger partial charge in [0.25, 0.3) is 0 Å². The average Bonchev–Trinajstić information content (AvgIpc) is 2.42. The second-order valence-electron chi connectivity index (χ2n) is 3.52. The molecule has 0 spiro atoms. The van der Waals surface area contributed by atoms with Crippen LogP contribution in [0.5, 0.6) is 0 Å². The van der Waals surface area contributed by atoms with Gasteiger partial charge in [-0.05, 0) is 45.1 Å². The molecule has 0 unspecified atom stereocenters. The molecular formula is C14H13Br2N. The monoisotopic (exact) mass is 353 g/mol. The highest BCUT2D eigenvalue weighted by Crippen LogP contribution is 2.15. The van der Waals surface area contributed by atoms with Gasteiger partial charge in [-0.25, -0.2) is 4.99 Å². The number of halogens is 2. The molecule has 1 heterocycles. The maximum Gasteiger partial charge on any atom is 0.114 e. The smallest absolute Gasteiger partial charge is 0.114 e. The summed E-state index contributed by atoms with van der Waals surface area (Å²) < 4.78 is 1.87. The van der Waals surface area contributed by atoms with Crippen molar-refractivity contribution in [2.75, 3.05) is 0 Å². The van der Waals surface area contributed by atoms with Crippen molar-refractivity contribution in [2.24, 2.45) is 4.99 Å². The molecule has 0 radical (unpaired) electrons. The quantitative estimate of drug-likeness (QED) is 0.486. The molecule has 1 aliphatic rings. The fourth-order valence-corrected chi connectivity index (χ4v) is 1.69. The van der Waals surface area contributed by atoms with Crippen molar-refractivity contribution in [1.82, 2.24) is 0 Å². The van der Waals surface area contributed by atoms with Crippen LogP contribution in [0.25, 0.3) is 0 Å². The van der Waals surface area contributed by atoms with Crippen LogP contribution >= 0.6 is 31.9 Å². The van der Waals surface area contributed by atoms with Crippen LogP contribution in [0.2, 0.25) is 0 Å². The molecule has 0 saturated heterocycles. The second-order valence-corrected chi connectivity index (χ2v) is 5.58. The molecule has 1 rings (SSSR count). The van der Waals surface area contributed by atoms with E-state index in [1.165, 1.54) is 0 Å². The van der Waals surface area contributed by atoms with Gasteiger partial charge < -0.3 is 0 Å². The molecule has 1 aliphatic heterocycles. The van der Waals surface area contributed by atoms with Gasteiger partial charge in [0.05, 0.1) is 0 Å². The van der Waals surface area contributed by atoms with Gasteiger partial charge in [-0.15, -0.1) is 5.73 Å². The lowest BCUT2D eigenvalue weighted by molar-refractivity contribution is 1.13. The summed E-state index contributed by atoms with van der Waals surface area (Å²) >= 11 is 6.71. The van der Waals surface area contributed by atoms with Crippen molar-refractivity contribution in [3.8, 4) is 0 Å². The predicted molar refractivity (Wildman–Crippen MR) is 82.7 cm³/mol. The Kier molecular flexibility index (Phi) is 6.20. The normalized spacial score (nSPS) is 15.8. The van der Waals surface area contributed by atoms with Crippen LogP contribution in [0.1, 0.15) is 13.3 Å². The molecular weight excluding hydrogens is 342 g/mol. The van der Waals surface area contributed by atoms with E-state index in [0.717, 1.165) is 26.8 Å². The Balaban J connectivity index is 2.62. The first kappa shape index (κ1) is 14.2. The zero-order chi connectivity index (χ0) is 12.7. The van der Waals surface area contributed by atoms with Gasteiger partial charge in [0, 0.05) is 18.2 Å². The van der Waals surface area contributed by atoms with E-state index in [1.807, 2.05) is 37.3 Å². The van der Waals surface area contributed by atoms with Gasteiger partial charge in [-0.2, -0.15) is 0 Å². The van der Waals surface area contributed by atoms with Gasteiger partial charge in [0.2, 0.25) is 0 Å². The molecule has 0 fully saturated rings. The highest BCUT2D eigenvalue weighted by atomic mass is 79.9. The van der Waals surface area contributed by atoms with E-state index >= 15 is 0 Å². The maximum atomic E-state index is 4.38. The Morgan fingerprint density at radius 3 is 3.06 bits per heavy atom. The summed E-state index contributed by atoms with van der Waals surface area (Å²) in [6, 6.07) is 0. The summed E-state index contributed by atoms with van der Waals surface area (Å²) in [7, 11) is 0. The second kappa shape index (κ2) is 7.44. The Bertz CT molecular complexity index is 480. The lowest BCUT2D eigenvalue weighted by atomic mass is 10.1. The Morgan fingerprint density at radius 1 is 1.59 bits per heavy atom. The summed E-state index contributed by atoms with van der Waals surface area (Å²) in [5.41, 5.74) is 4.97. The molecule has 1 nitrogen and oxygen atoms in total. The summed E-state index contributed by atoms with van der Waals surface area (Å²) in [5.74, 6) is 0. The van der Waals surface area contributed by atoms with Gasteiger partial charge in [-0.1, -0.05) is 40.7 Å². The first-order valence-corrected chi connectivity index (χ1v) is 6.70. The van der Waals surface area contributed by atoms with Crippen molar-refractivity contribution in [1.29, 1.82) is 0 Å². The minimum atomic E-state index is 0.729. The highest BCUT2D eigenvalue weighted by Gasteiger charge is 1.99. The van der Waals surface area contributed by atoms with Crippen LogP contribution in [0.4, 0.5) is 0 Å². The predicted octanol–water partition coefficient (Wildman–Crippen LogP) is 5.19. The van der Waals surface area contributed by atoms with Gasteiger partial charge >= 0.3 is 0 Å². The molecule has 0 bridgehead atoms. The number of rotatable bonds is 4. The van der Waals surface area contributed by atoms with Crippen molar-refractivity contribution in [3.63, 3.8) is 0 Å². The molecule has 0 aromatic carbocycles. The van der Waals surface area contributed by atoms with Gasteiger partial charge in [0.15, 0.2) is 0 Å². The molecule has 0 amide bonds. The molecule has 0 aromatic rings. The van der Waals surface area contributed by atoms with Crippen molar-refractivity contribution in [3.05, 3.63) is 64.5 Å². The lowest BCUT2D eigenvalue weighted by Gasteiger charge is -2.00. The minimum absolute atomic E-state index is 0.729. The van der Waals surface area contributed by atoms with Crippen LogP contribution in [-0.4, -0.2) is 4.62 Å². The largest absolute Gasteiger partial charge is 0.245 e. The molecule has 0 saturated carbocycles. The van der Waals surface area contributed by atoms with Crippen molar-refractivity contribution in [2.45, 2.75) is 13.3 Å². The Hall–Kier alpha value is -0.890. The third kappa shape index (κ3) is 6.42. The van der Waals surface area contributed by atoms with E-state index in [1.54, 1.807) is 6.08 Å². The lowest BCUT2D eigenvalue weighted by Crippen LogP contribution is -1.85. The molecule has 17 heavy (non-hydrogen) atoms. The highest BCUT2D eigenvalue weighted by molar-refractivity contribution is 9.18. The van der Waals surface area contributed by atoms with Gasteiger partial charge in [-0.3, -0.25) is 0 Å². The summed E-state index contributed by atoms with van der Waals surface area (Å²) in [6.45, 7) is 5.98. The van der Waals surface area contributed by atoms with E-state index in [9.17, 15) is 0 Å². The Labute approximate surface area is 119 Å². The fourth-order valence-electron chi connectivity index (χ4n) is 1.17. The van der Waals surface area contributed by atoms with Crippen LogP contribution < -0.4 is 0 Å². The summed E-state index contributed by atoms with van der Waals surface area (Å²) in [6.07, 6.45) is 12.2. The number of aliphatic imine (C=N–C) groups is 1. The van der Waals surface area contributed by atoms with E-state index in [-0.39, 0.29) is 0 Å². The minimum Gasteiger partial charge on any atom is -0.245 e.